The van der Waals surface area contributed by atoms with Crippen molar-refractivity contribution in [3.63, 3.8) is 0 Å². The quantitative estimate of drug-likeness (QED) is 0.387. The van der Waals surface area contributed by atoms with Gasteiger partial charge in [0.25, 0.3) is 0 Å². The molecule has 4 nitrogen and oxygen atoms in total. The van der Waals surface area contributed by atoms with E-state index < -0.39 is 0 Å². The zero-order valence-corrected chi connectivity index (χ0v) is 12.9. The van der Waals surface area contributed by atoms with Gasteiger partial charge in [-0.2, -0.15) is 0 Å². The summed E-state index contributed by atoms with van der Waals surface area (Å²) in [4.78, 5) is 0. The molecule has 0 spiro atoms. The number of nitrogens with zero attached hydrogens (tertiary/aromatic N) is 1. The minimum atomic E-state index is 0.0808. The van der Waals surface area contributed by atoms with Crippen LogP contribution >= 0.6 is 11.6 Å². The summed E-state index contributed by atoms with van der Waals surface area (Å²) in [6, 6.07) is 9.16. The molecule has 3 N–H and O–H groups in total. The third kappa shape index (κ3) is 3.28. The van der Waals surface area contributed by atoms with E-state index >= 15 is 0 Å². The number of aryl methyl sites for hydroxylation is 3. The molecule has 2 aromatic rings. The zero-order valence-electron chi connectivity index (χ0n) is 12.1. The number of nitrogens with two attached hydrogens (primary N) is 1. The van der Waals surface area contributed by atoms with Gasteiger partial charge in [-0.3, -0.25) is 0 Å². The number of hydrogen-bond donors (Lipinski definition) is 2. The molecule has 0 aliphatic carbocycles. The summed E-state index contributed by atoms with van der Waals surface area (Å²) in [5.41, 5.74) is 9.08. The van der Waals surface area contributed by atoms with Crippen LogP contribution in [0.5, 0.6) is 11.5 Å². The minimum Gasteiger partial charge on any atom is -0.457 e. The predicted molar refractivity (Wildman–Crippen MR) is 84.7 cm³/mol. The van der Waals surface area contributed by atoms with E-state index in [1.807, 2.05) is 39.0 Å². The maximum atomic E-state index is 8.72. The Labute approximate surface area is 128 Å². The monoisotopic (exact) mass is 304 g/mol. The summed E-state index contributed by atoms with van der Waals surface area (Å²) in [6.07, 6.45) is 0. The van der Waals surface area contributed by atoms with Gasteiger partial charge in [-0.25, -0.2) is 0 Å². The van der Waals surface area contributed by atoms with Crippen molar-refractivity contribution in [3.05, 3.63) is 57.6 Å². The van der Waals surface area contributed by atoms with E-state index in [-0.39, 0.29) is 5.84 Å². The van der Waals surface area contributed by atoms with Crippen LogP contribution in [-0.4, -0.2) is 11.0 Å². The highest BCUT2D eigenvalue weighted by Gasteiger charge is 2.08. The lowest BCUT2D eigenvalue weighted by atomic mass is 10.1. The largest absolute Gasteiger partial charge is 0.457 e. The van der Waals surface area contributed by atoms with E-state index in [0.29, 0.717) is 11.3 Å². The summed E-state index contributed by atoms with van der Waals surface area (Å²) >= 11 is 6.14. The fourth-order valence-corrected chi connectivity index (χ4v) is 2.25. The molecular formula is C16H17ClN2O2. The molecule has 0 amide bonds. The first-order valence-electron chi connectivity index (χ1n) is 6.45. The maximum Gasteiger partial charge on any atom is 0.170 e. The molecule has 0 radical (unpaired) electrons. The van der Waals surface area contributed by atoms with Gasteiger partial charge in [0.2, 0.25) is 0 Å². The summed E-state index contributed by atoms with van der Waals surface area (Å²) in [7, 11) is 0. The molecule has 0 saturated heterocycles. The van der Waals surface area contributed by atoms with Gasteiger partial charge in [-0.15, -0.1) is 0 Å². The molecule has 2 rings (SSSR count). The lowest BCUT2D eigenvalue weighted by Gasteiger charge is -2.11. The Morgan fingerprint density at radius 2 is 1.62 bits per heavy atom. The second kappa shape index (κ2) is 6.06. The summed E-state index contributed by atoms with van der Waals surface area (Å²) in [6.45, 7) is 5.75. The lowest BCUT2D eigenvalue weighted by molar-refractivity contribution is 0.318. The molecule has 21 heavy (non-hydrogen) atoms. The Kier molecular flexibility index (Phi) is 4.38. The molecule has 0 saturated carbocycles. The van der Waals surface area contributed by atoms with Gasteiger partial charge in [0.1, 0.15) is 11.5 Å². The number of halogens is 1. The van der Waals surface area contributed by atoms with Gasteiger partial charge in [-0.05, 0) is 67.8 Å². The first-order chi connectivity index (χ1) is 9.92. The summed E-state index contributed by atoms with van der Waals surface area (Å²) < 4.78 is 5.84. The average molecular weight is 305 g/mol. The normalized spacial score (nSPS) is 11.5. The molecular weight excluding hydrogens is 288 g/mol. The molecule has 0 aromatic heterocycles. The maximum absolute atomic E-state index is 8.72. The summed E-state index contributed by atoms with van der Waals surface area (Å²) in [5.74, 6) is 1.49. The SMILES string of the molecule is Cc1cc(Oc2cc(C)c(Cl)c(C)c2)ccc1/C(N)=N/O. The van der Waals surface area contributed by atoms with Crippen LogP contribution < -0.4 is 10.5 Å². The van der Waals surface area contributed by atoms with Gasteiger partial charge >= 0.3 is 0 Å². The highest BCUT2D eigenvalue weighted by atomic mass is 35.5. The highest BCUT2D eigenvalue weighted by Crippen LogP contribution is 2.29. The second-order valence-corrected chi connectivity index (χ2v) is 5.31. The Morgan fingerprint density at radius 1 is 1.05 bits per heavy atom. The highest BCUT2D eigenvalue weighted by molar-refractivity contribution is 6.32. The molecule has 110 valence electrons. The minimum absolute atomic E-state index is 0.0808. The van der Waals surface area contributed by atoms with Crippen LogP contribution in [0.1, 0.15) is 22.3 Å². The third-order valence-electron chi connectivity index (χ3n) is 3.23. The van der Waals surface area contributed by atoms with E-state index in [9.17, 15) is 0 Å². The molecule has 0 unspecified atom stereocenters. The fourth-order valence-electron chi connectivity index (χ4n) is 2.14. The van der Waals surface area contributed by atoms with Crippen LogP contribution in [0.25, 0.3) is 0 Å². The molecule has 0 aliphatic heterocycles. The van der Waals surface area contributed by atoms with Crippen LogP contribution in [-0.2, 0) is 0 Å². The second-order valence-electron chi connectivity index (χ2n) is 4.94. The molecule has 5 heteroatoms. The van der Waals surface area contributed by atoms with E-state index in [2.05, 4.69) is 5.16 Å². The molecule has 2 aromatic carbocycles. The fraction of sp³-hybridized carbons (Fsp3) is 0.188. The van der Waals surface area contributed by atoms with Gasteiger partial charge < -0.3 is 15.7 Å². The number of rotatable bonds is 3. The first kappa shape index (κ1) is 15.2. The Bertz CT molecular complexity index is 688. The van der Waals surface area contributed by atoms with Crippen LogP contribution in [0.4, 0.5) is 0 Å². The molecule has 0 bridgehead atoms. The van der Waals surface area contributed by atoms with Crippen LogP contribution in [0.2, 0.25) is 5.02 Å². The van der Waals surface area contributed by atoms with Crippen molar-refractivity contribution in [1.82, 2.24) is 0 Å². The van der Waals surface area contributed by atoms with E-state index in [4.69, 9.17) is 27.3 Å². The Balaban J connectivity index is 2.31. The topological polar surface area (TPSA) is 67.8 Å². The van der Waals surface area contributed by atoms with Crippen molar-refractivity contribution in [1.29, 1.82) is 0 Å². The van der Waals surface area contributed by atoms with Crippen molar-refractivity contribution >= 4 is 17.4 Å². The Hall–Kier alpha value is -2.20. The lowest BCUT2D eigenvalue weighted by Crippen LogP contribution is -2.14. The van der Waals surface area contributed by atoms with Gasteiger partial charge in [0.05, 0.1) is 0 Å². The van der Waals surface area contributed by atoms with Crippen molar-refractivity contribution in [2.24, 2.45) is 10.9 Å². The standard InChI is InChI=1S/C16H17ClN2O2/c1-9-6-12(4-5-14(9)16(18)19-20)21-13-7-10(2)15(17)11(3)8-13/h4-8,20H,1-3H3,(H2,18,19). The molecule has 0 aliphatic rings. The van der Waals surface area contributed by atoms with Crippen molar-refractivity contribution in [3.8, 4) is 11.5 Å². The van der Waals surface area contributed by atoms with Crippen molar-refractivity contribution in [2.45, 2.75) is 20.8 Å². The molecule has 0 fully saturated rings. The van der Waals surface area contributed by atoms with E-state index in [0.717, 1.165) is 27.5 Å². The van der Waals surface area contributed by atoms with E-state index in [1.54, 1.807) is 12.1 Å². The van der Waals surface area contributed by atoms with Crippen LogP contribution in [0.15, 0.2) is 35.5 Å². The number of amidine groups is 1. The average Bonchev–Trinajstić information content (AvgIpc) is 2.44. The van der Waals surface area contributed by atoms with E-state index in [1.165, 1.54) is 0 Å². The number of benzene rings is 2. The molecule has 0 atom stereocenters. The van der Waals surface area contributed by atoms with Gasteiger partial charge in [-0.1, -0.05) is 16.8 Å². The smallest absolute Gasteiger partial charge is 0.170 e. The third-order valence-corrected chi connectivity index (χ3v) is 3.82. The number of ether oxygens (including phenoxy) is 1. The number of hydrogen-bond acceptors (Lipinski definition) is 3. The number of oxime groups is 1. The van der Waals surface area contributed by atoms with Crippen LogP contribution in [0.3, 0.4) is 0 Å². The zero-order chi connectivity index (χ0) is 15.6. The van der Waals surface area contributed by atoms with Gasteiger partial charge in [0, 0.05) is 10.6 Å². The predicted octanol–water partition coefficient (Wildman–Crippen LogP) is 4.15. The van der Waals surface area contributed by atoms with Gasteiger partial charge in [0.15, 0.2) is 5.84 Å². The molecule has 0 heterocycles. The first-order valence-corrected chi connectivity index (χ1v) is 6.83. The van der Waals surface area contributed by atoms with Crippen molar-refractivity contribution in [2.75, 3.05) is 0 Å². The van der Waals surface area contributed by atoms with Crippen LogP contribution in [0, 0.1) is 20.8 Å². The Morgan fingerprint density at radius 3 is 2.14 bits per heavy atom. The summed E-state index contributed by atoms with van der Waals surface area (Å²) in [5, 5.41) is 12.5. The van der Waals surface area contributed by atoms with Crippen molar-refractivity contribution < 1.29 is 9.94 Å².